The first-order valence-corrected chi connectivity index (χ1v) is 14.2. The molecule has 1 amide bonds. The zero-order chi connectivity index (χ0) is 34.4. The number of benzene rings is 2. The molecule has 5 aromatic rings. The molecule has 5 rings (SSSR count). The van der Waals surface area contributed by atoms with E-state index in [1.807, 2.05) is 21.1 Å². The minimum Gasteiger partial charge on any atom is -0.483 e. The molecular weight excluding hydrogens is 617 g/mol. The van der Waals surface area contributed by atoms with Gasteiger partial charge in [0.1, 0.15) is 0 Å². The predicted molar refractivity (Wildman–Crippen MR) is 167 cm³/mol. The van der Waals surface area contributed by atoms with Crippen molar-refractivity contribution >= 4 is 24.2 Å². The van der Waals surface area contributed by atoms with Gasteiger partial charge in [0.05, 0.1) is 69.1 Å². The van der Waals surface area contributed by atoms with Crippen LogP contribution in [0, 0.1) is 18.3 Å². The third-order valence-electron chi connectivity index (χ3n) is 6.94. The van der Waals surface area contributed by atoms with Crippen LogP contribution in [0.25, 0.3) is 33.7 Å². The minimum absolute atomic E-state index is 0.0630. The third kappa shape index (κ3) is 8.30. The first-order valence-electron chi connectivity index (χ1n) is 14.2. The van der Waals surface area contributed by atoms with Gasteiger partial charge in [-0.1, -0.05) is 12.1 Å². The number of quaternary nitrogens is 1. The smallest absolute Gasteiger partial charge is 0.416 e. The van der Waals surface area contributed by atoms with Gasteiger partial charge in [-0.3, -0.25) is 10.1 Å². The van der Waals surface area contributed by atoms with Gasteiger partial charge in [0.2, 0.25) is 0 Å². The van der Waals surface area contributed by atoms with E-state index in [9.17, 15) is 23.2 Å². The summed E-state index contributed by atoms with van der Waals surface area (Å²) in [5.41, 5.74) is 3.14. The van der Waals surface area contributed by atoms with Crippen LogP contribution in [-0.4, -0.2) is 80.8 Å². The summed E-state index contributed by atoms with van der Waals surface area (Å²) in [6.45, 7) is 2.54. The van der Waals surface area contributed by atoms with Gasteiger partial charge in [0.15, 0.2) is 5.65 Å². The largest absolute Gasteiger partial charge is 0.483 e. The molecule has 3 heterocycles. The van der Waals surface area contributed by atoms with Crippen LogP contribution >= 0.6 is 0 Å². The van der Waals surface area contributed by atoms with E-state index in [-0.39, 0.29) is 30.2 Å². The van der Waals surface area contributed by atoms with Crippen molar-refractivity contribution in [2.24, 2.45) is 0 Å². The summed E-state index contributed by atoms with van der Waals surface area (Å²) in [6.07, 6.45) is -1.35. The maximum absolute atomic E-state index is 13.7. The Morgan fingerprint density at radius 2 is 1.85 bits per heavy atom. The number of amides is 1. The number of alkyl halides is 3. The number of hydrogen-bond donors (Lipinski definition) is 2. The highest BCUT2D eigenvalue weighted by molar-refractivity contribution is 5.88. The molecule has 12 nitrogen and oxygen atoms in total. The molecule has 0 unspecified atom stereocenters. The number of carboxylic acid groups (broad SMARTS) is 1. The topological polar surface area (TPSA) is 147 Å². The number of halogens is 3. The van der Waals surface area contributed by atoms with Crippen LogP contribution in [0.15, 0.2) is 67.0 Å². The van der Waals surface area contributed by atoms with Crippen LogP contribution in [-0.2, 0) is 15.7 Å². The monoisotopic (exact) mass is 649 g/mol. The van der Waals surface area contributed by atoms with Crippen molar-refractivity contribution < 1.29 is 37.1 Å². The minimum atomic E-state index is -4.55. The summed E-state index contributed by atoms with van der Waals surface area (Å²) < 4.78 is 50.2. The number of nitrogens with one attached hydrogen (secondary N) is 1. The van der Waals surface area contributed by atoms with Crippen LogP contribution in [0.3, 0.4) is 0 Å². The number of hydrogen-bond acceptors (Lipinski definition) is 7. The van der Waals surface area contributed by atoms with Gasteiger partial charge in [-0.15, -0.1) is 5.10 Å². The highest BCUT2D eigenvalue weighted by Crippen LogP contribution is 2.38. The van der Waals surface area contributed by atoms with Gasteiger partial charge in [-0.05, 0) is 60.5 Å². The van der Waals surface area contributed by atoms with Crippen LogP contribution in [0.4, 0.5) is 23.9 Å². The fourth-order valence-electron chi connectivity index (χ4n) is 4.83. The first kappa shape index (κ1) is 34.1. The molecule has 15 heteroatoms. The number of aromatic nitrogens is 5. The molecular formula is C32H32F3N8O4+. The van der Waals surface area contributed by atoms with Crippen LogP contribution in [0.5, 0.6) is 0 Å². The van der Waals surface area contributed by atoms with E-state index in [1.54, 1.807) is 60.4 Å². The fourth-order valence-corrected chi connectivity index (χ4v) is 4.83. The Labute approximate surface area is 267 Å². The van der Waals surface area contributed by atoms with E-state index in [1.165, 1.54) is 10.6 Å². The number of rotatable bonds is 8. The van der Waals surface area contributed by atoms with Crippen LogP contribution in [0.1, 0.15) is 23.1 Å². The molecule has 2 aromatic carbocycles. The molecule has 47 heavy (non-hydrogen) atoms. The van der Waals surface area contributed by atoms with Gasteiger partial charge in [-0.2, -0.15) is 28.5 Å². The number of carbonyl (C=O) groups excluding carboxylic acids is 1. The molecule has 0 radical (unpaired) electrons. The van der Waals surface area contributed by atoms with Crippen molar-refractivity contribution in [1.82, 2.24) is 24.4 Å². The normalized spacial score (nSPS) is 11.4. The van der Waals surface area contributed by atoms with E-state index < -0.39 is 17.8 Å². The van der Waals surface area contributed by atoms with Gasteiger partial charge in [0, 0.05) is 23.7 Å². The molecule has 0 spiro atoms. The quantitative estimate of drug-likeness (QED) is 0.122. The zero-order valence-electron chi connectivity index (χ0n) is 26.0. The Morgan fingerprint density at radius 1 is 1.15 bits per heavy atom. The molecule has 2 N–H and O–H groups in total. The molecule has 0 atom stereocenters. The van der Waals surface area contributed by atoms with E-state index >= 15 is 0 Å². The van der Waals surface area contributed by atoms with Crippen molar-refractivity contribution in [2.45, 2.75) is 19.5 Å². The van der Waals surface area contributed by atoms with E-state index in [0.29, 0.717) is 40.1 Å². The molecule has 0 aliphatic carbocycles. The Kier molecular flexibility index (Phi) is 10.3. The number of ether oxygens (including phenoxy) is 1. The molecule has 0 saturated heterocycles. The summed E-state index contributed by atoms with van der Waals surface area (Å²) in [5.74, 6) is -0.0630. The highest BCUT2D eigenvalue weighted by Gasteiger charge is 2.31. The summed E-state index contributed by atoms with van der Waals surface area (Å²) in [4.78, 5) is 25.3. The van der Waals surface area contributed by atoms with Crippen molar-refractivity contribution in [2.75, 3.05) is 39.6 Å². The maximum Gasteiger partial charge on any atom is 0.416 e. The van der Waals surface area contributed by atoms with Gasteiger partial charge >= 0.3 is 12.3 Å². The lowest BCUT2D eigenvalue weighted by Gasteiger charge is -2.23. The lowest BCUT2D eigenvalue weighted by molar-refractivity contribution is -0.870. The molecule has 0 aliphatic rings. The Hall–Kier alpha value is -5.75. The number of anilines is 1. The fraction of sp³-hybridized carbons (Fsp3) is 0.250. The van der Waals surface area contributed by atoms with Crippen LogP contribution in [0.2, 0.25) is 0 Å². The second-order valence-electron chi connectivity index (χ2n) is 11.3. The third-order valence-corrected chi connectivity index (χ3v) is 6.94. The SMILES string of the molecule is Cc1c(-c2ccnn2-c2ccc(C#N)cc2)cn2nc(NC(=O)OCCC[N+](C)(C)C)nc2c1-c1cccc(C(F)(F)F)c1.O=CO. The lowest BCUT2D eigenvalue weighted by Crippen LogP contribution is -2.36. The van der Waals surface area contributed by atoms with E-state index in [0.717, 1.165) is 23.2 Å². The number of pyridine rings is 1. The average molecular weight is 650 g/mol. The molecule has 244 valence electrons. The number of nitrogens with zero attached hydrogens (tertiary/aromatic N) is 7. The Balaban J connectivity index is 0.00000160. The standard InChI is InChI=1S/C31H29F3N8O2.CH2O2/c1-20-25(26-13-14-36-41(26)24-11-9-21(18-35)10-12-24)19-40-28(27(20)22-7-5-8-23(17-22)31(32,33)34)37-29(39-40)38-30(43)44-16-6-15-42(2,3)4;2-1-3/h5,7-14,17,19H,6,15-16H2,1-4H3;1H,(H,2,3)/p+1. The van der Waals surface area contributed by atoms with Crippen molar-refractivity contribution in [3.63, 3.8) is 0 Å². The summed E-state index contributed by atoms with van der Waals surface area (Å²) >= 11 is 0. The molecule has 0 aliphatic heterocycles. The number of fused-ring (bicyclic) bond motifs is 1. The summed E-state index contributed by atoms with van der Waals surface area (Å²) in [5, 5.41) is 27.5. The molecule has 0 fully saturated rings. The lowest BCUT2D eigenvalue weighted by atomic mass is 9.95. The van der Waals surface area contributed by atoms with E-state index in [2.05, 4.69) is 26.6 Å². The number of carbonyl (C=O) groups is 2. The van der Waals surface area contributed by atoms with Crippen molar-refractivity contribution in [3.05, 3.63) is 83.7 Å². The molecule has 0 bridgehead atoms. The second-order valence-corrected chi connectivity index (χ2v) is 11.3. The highest BCUT2D eigenvalue weighted by atomic mass is 19.4. The Morgan fingerprint density at radius 3 is 2.49 bits per heavy atom. The predicted octanol–water partition coefficient (Wildman–Crippen LogP) is 5.79. The first-order chi connectivity index (χ1) is 22.2. The van der Waals surface area contributed by atoms with Crippen molar-refractivity contribution in [3.8, 4) is 34.1 Å². The second kappa shape index (κ2) is 14.1. The maximum atomic E-state index is 13.7. The summed E-state index contributed by atoms with van der Waals surface area (Å²) in [7, 11) is 6.11. The molecule has 0 saturated carbocycles. The van der Waals surface area contributed by atoms with Crippen molar-refractivity contribution in [1.29, 1.82) is 5.26 Å². The Bertz CT molecular complexity index is 1920. The zero-order valence-corrected chi connectivity index (χ0v) is 26.0. The number of nitriles is 1. The molecule has 3 aromatic heterocycles. The summed E-state index contributed by atoms with van der Waals surface area (Å²) in [6, 6.07) is 15.7. The van der Waals surface area contributed by atoms with Crippen LogP contribution < -0.4 is 5.32 Å². The van der Waals surface area contributed by atoms with E-state index in [4.69, 9.17) is 14.6 Å². The van der Waals surface area contributed by atoms with Gasteiger partial charge < -0.3 is 14.3 Å². The van der Waals surface area contributed by atoms with Gasteiger partial charge in [-0.25, -0.2) is 14.0 Å². The van der Waals surface area contributed by atoms with Gasteiger partial charge in [0.25, 0.3) is 12.4 Å². The average Bonchev–Trinajstić information content (AvgIpc) is 3.65.